The van der Waals surface area contributed by atoms with Gasteiger partial charge < -0.3 is 4.74 Å². The maximum absolute atomic E-state index is 12.3. The normalized spacial score (nSPS) is 23.4. The molecule has 1 aliphatic heterocycles. The molecule has 3 rings (SSSR count). The molecule has 0 aromatic heterocycles. The van der Waals surface area contributed by atoms with Crippen LogP contribution in [0.5, 0.6) is 0 Å². The van der Waals surface area contributed by atoms with Crippen LogP contribution in [0.1, 0.15) is 57.1 Å². The second-order valence-corrected chi connectivity index (χ2v) is 6.18. The number of rotatable bonds is 2. The second-order valence-electron chi connectivity index (χ2n) is 6.18. The van der Waals surface area contributed by atoms with Gasteiger partial charge in [-0.15, -0.1) is 0 Å². The Labute approximate surface area is 120 Å². The zero-order valence-electron chi connectivity index (χ0n) is 12.2. The Morgan fingerprint density at radius 3 is 2.40 bits per heavy atom. The van der Waals surface area contributed by atoms with Gasteiger partial charge in [0.05, 0.1) is 12.6 Å². The van der Waals surface area contributed by atoms with Gasteiger partial charge in [0.15, 0.2) is 0 Å². The van der Waals surface area contributed by atoms with Crippen molar-refractivity contribution in [2.45, 2.75) is 57.1 Å². The Kier molecular flexibility index (Phi) is 3.68. The molecule has 1 amide bonds. The highest BCUT2D eigenvalue weighted by molar-refractivity contribution is 5.71. The second kappa shape index (κ2) is 5.47. The fraction of sp³-hybridized carbons (Fsp3) is 0.588. The average molecular weight is 273 g/mol. The van der Waals surface area contributed by atoms with Crippen molar-refractivity contribution in [2.24, 2.45) is 0 Å². The molecule has 0 N–H and O–H groups in total. The maximum atomic E-state index is 12.3. The summed E-state index contributed by atoms with van der Waals surface area (Å²) in [4.78, 5) is 14.2. The number of ether oxygens (including phenoxy) is 1. The third-order valence-electron chi connectivity index (χ3n) is 4.76. The van der Waals surface area contributed by atoms with Crippen molar-refractivity contribution < 1.29 is 9.53 Å². The predicted octanol–water partition coefficient (Wildman–Crippen LogP) is 4.29. The molecule has 20 heavy (non-hydrogen) atoms. The lowest BCUT2D eigenvalue weighted by Crippen LogP contribution is -2.35. The smallest absolute Gasteiger partial charge is 0.411 e. The first kappa shape index (κ1) is 13.5. The van der Waals surface area contributed by atoms with Crippen LogP contribution in [0.25, 0.3) is 0 Å². The first-order valence-electron chi connectivity index (χ1n) is 7.75. The minimum absolute atomic E-state index is 0.0892. The Hall–Kier alpha value is -1.51. The molecule has 1 aromatic carbocycles. The van der Waals surface area contributed by atoms with Crippen LogP contribution in [0, 0.1) is 0 Å². The van der Waals surface area contributed by atoms with E-state index in [1.54, 1.807) is 0 Å². The molecule has 3 heteroatoms. The van der Waals surface area contributed by atoms with E-state index in [-0.39, 0.29) is 17.7 Å². The average Bonchev–Trinajstić information content (AvgIpc) is 2.64. The molecular weight excluding hydrogens is 250 g/mol. The molecule has 1 aromatic rings. The molecule has 0 radical (unpaired) electrons. The number of carbonyl (C=O) groups is 1. The summed E-state index contributed by atoms with van der Waals surface area (Å²) in [6.07, 6.45) is 6.82. The summed E-state index contributed by atoms with van der Waals surface area (Å²) in [5.41, 5.74) is 0.964. The molecule has 1 spiro atoms. The molecular formula is C17H23NO2. The van der Waals surface area contributed by atoms with Gasteiger partial charge in [0.25, 0.3) is 0 Å². The predicted molar refractivity (Wildman–Crippen MR) is 78.5 cm³/mol. The molecule has 1 aliphatic carbocycles. The molecule has 3 nitrogen and oxygen atoms in total. The maximum Gasteiger partial charge on any atom is 0.411 e. The lowest BCUT2D eigenvalue weighted by molar-refractivity contribution is 0.0443. The van der Waals surface area contributed by atoms with Crippen LogP contribution in [0.2, 0.25) is 0 Å². The first-order valence-corrected chi connectivity index (χ1v) is 7.75. The van der Waals surface area contributed by atoms with E-state index in [9.17, 15) is 4.79 Å². The number of amides is 1. The van der Waals surface area contributed by atoms with Crippen LogP contribution in [-0.2, 0) is 4.74 Å². The third-order valence-corrected chi connectivity index (χ3v) is 4.76. The summed E-state index contributed by atoms with van der Waals surface area (Å²) < 4.78 is 5.81. The Morgan fingerprint density at radius 1 is 1.10 bits per heavy atom. The molecule has 108 valence electrons. The Morgan fingerprint density at radius 2 is 1.75 bits per heavy atom. The van der Waals surface area contributed by atoms with Gasteiger partial charge in [-0.3, -0.25) is 4.90 Å². The SMILES string of the molecule is C[C@H](c1ccccc1)N1CC2(CCCCCC2)OC1=O. The molecule has 2 aliphatic rings. The van der Waals surface area contributed by atoms with Crippen molar-refractivity contribution >= 4 is 6.09 Å². The van der Waals surface area contributed by atoms with E-state index < -0.39 is 0 Å². The fourth-order valence-electron chi connectivity index (χ4n) is 3.49. The summed E-state index contributed by atoms with van der Waals surface area (Å²) in [5.74, 6) is 0. The monoisotopic (exact) mass is 273 g/mol. The van der Waals surface area contributed by atoms with Crippen LogP contribution in [-0.4, -0.2) is 23.1 Å². The molecule has 1 atom stereocenters. The number of carbonyl (C=O) groups excluding carboxylic acids is 1. The van der Waals surface area contributed by atoms with Crippen LogP contribution in [0.15, 0.2) is 30.3 Å². The van der Waals surface area contributed by atoms with Crippen molar-refractivity contribution in [2.75, 3.05) is 6.54 Å². The highest BCUT2D eigenvalue weighted by Gasteiger charge is 2.46. The van der Waals surface area contributed by atoms with Crippen molar-refractivity contribution in [3.8, 4) is 0 Å². The molecule has 1 saturated heterocycles. The molecule has 0 bridgehead atoms. The van der Waals surface area contributed by atoms with Gasteiger partial charge in [-0.25, -0.2) is 4.79 Å². The summed E-state index contributed by atoms with van der Waals surface area (Å²) in [5, 5.41) is 0. The Balaban J connectivity index is 1.76. The minimum atomic E-state index is -0.212. The van der Waals surface area contributed by atoms with Gasteiger partial charge in [0.2, 0.25) is 0 Å². The highest BCUT2D eigenvalue weighted by atomic mass is 16.6. The van der Waals surface area contributed by atoms with E-state index in [0.717, 1.165) is 19.4 Å². The van der Waals surface area contributed by atoms with E-state index in [1.807, 2.05) is 23.1 Å². The molecule has 1 heterocycles. The zero-order valence-corrected chi connectivity index (χ0v) is 12.2. The highest BCUT2D eigenvalue weighted by Crippen LogP contribution is 2.39. The molecule has 2 fully saturated rings. The van der Waals surface area contributed by atoms with E-state index in [2.05, 4.69) is 19.1 Å². The van der Waals surface area contributed by atoms with Gasteiger partial charge in [-0.05, 0) is 38.2 Å². The third kappa shape index (κ3) is 2.54. The molecule has 1 saturated carbocycles. The quantitative estimate of drug-likeness (QED) is 0.804. The van der Waals surface area contributed by atoms with Gasteiger partial charge in [-0.2, -0.15) is 0 Å². The van der Waals surface area contributed by atoms with E-state index in [0.29, 0.717) is 0 Å². The Bertz CT molecular complexity index is 463. The van der Waals surface area contributed by atoms with Crippen molar-refractivity contribution in [1.82, 2.24) is 4.90 Å². The van der Waals surface area contributed by atoms with Crippen molar-refractivity contribution in [3.05, 3.63) is 35.9 Å². The summed E-state index contributed by atoms with van der Waals surface area (Å²) in [6.45, 7) is 2.84. The van der Waals surface area contributed by atoms with Crippen LogP contribution < -0.4 is 0 Å². The van der Waals surface area contributed by atoms with Gasteiger partial charge in [0.1, 0.15) is 5.60 Å². The largest absolute Gasteiger partial charge is 0.441 e. The van der Waals surface area contributed by atoms with Crippen molar-refractivity contribution in [1.29, 1.82) is 0 Å². The summed E-state index contributed by atoms with van der Waals surface area (Å²) in [6, 6.07) is 10.3. The van der Waals surface area contributed by atoms with E-state index in [1.165, 1.54) is 31.2 Å². The van der Waals surface area contributed by atoms with Gasteiger partial charge >= 0.3 is 6.09 Å². The zero-order chi connectivity index (χ0) is 14.0. The number of nitrogens with zero attached hydrogens (tertiary/aromatic N) is 1. The first-order chi connectivity index (χ1) is 9.70. The van der Waals surface area contributed by atoms with Gasteiger partial charge in [-0.1, -0.05) is 43.2 Å². The topological polar surface area (TPSA) is 29.5 Å². The number of hydrogen-bond acceptors (Lipinski definition) is 2. The van der Waals surface area contributed by atoms with E-state index in [4.69, 9.17) is 4.74 Å². The van der Waals surface area contributed by atoms with E-state index >= 15 is 0 Å². The summed E-state index contributed by atoms with van der Waals surface area (Å²) >= 11 is 0. The van der Waals surface area contributed by atoms with Crippen LogP contribution in [0.3, 0.4) is 0 Å². The summed E-state index contributed by atoms with van der Waals surface area (Å²) in [7, 11) is 0. The number of hydrogen-bond donors (Lipinski definition) is 0. The molecule has 0 unspecified atom stereocenters. The lowest BCUT2D eigenvalue weighted by Gasteiger charge is -2.26. The van der Waals surface area contributed by atoms with Gasteiger partial charge in [0, 0.05) is 0 Å². The standard InChI is InChI=1S/C17H23NO2/c1-14(15-9-5-4-6-10-15)18-13-17(20-16(18)19)11-7-2-3-8-12-17/h4-6,9-10,14H,2-3,7-8,11-13H2,1H3/t14-/m1/s1. The number of benzene rings is 1. The van der Waals surface area contributed by atoms with Crippen molar-refractivity contribution in [3.63, 3.8) is 0 Å². The fourth-order valence-corrected chi connectivity index (χ4v) is 3.49. The van der Waals surface area contributed by atoms with Crippen LogP contribution in [0.4, 0.5) is 4.79 Å². The van der Waals surface area contributed by atoms with Crippen LogP contribution >= 0.6 is 0 Å². The minimum Gasteiger partial charge on any atom is -0.441 e. The lowest BCUT2D eigenvalue weighted by atomic mass is 9.94.